The molecule has 0 radical (unpaired) electrons. The van der Waals surface area contributed by atoms with E-state index in [4.69, 9.17) is 23.2 Å². The van der Waals surface area contributed by atoms with Crippen LogP contribution in [0, 0.1) is 11.6 Å². The number of fused-ring (bicyclic) bond motifs is 2. The molecule has 8 heteroatoms. The predicted molar refractivity (Wildman–Crippen MR) is 116 cm³/mol. The number of nitrogens with one attached hydrogen (secondary N) is 2. The second kappa shape index (κ2) is 7.23. The van der Waals surface area contributed by atoms with Crippen molar-refractivity contribution in [2.75, 3.05) is 0 Å². The lowest BCUT2D eigenvalue weighted by atomic mass is 10.1. The molecular weight excluding hydrogens is 429 g/mol. The molecule has 5 rings (SSSR count). The highest BCUT2D eigenvalue weighted by Crippen LogP contribution is 2.32. The Morgan fingerprint density at radius 2 is 1.63 bits per heavy atom. The number of rotatable bonds is 3. The van der Waals surface area contributed by atoms with Crippen LogP contribution in [0.15, 0.2) is 48.5 Å². The standard InChI is InChI=1S/C22H12Cl2F2N4/c23-15-8-20-21(9-16(15)24)28-22(27-20)13-7-14-18(29-30-19(14)10-17(13)26)6-3-11-1-4-12(25)5-2-11/h1-10H,(H,27,28)(H,29,30)/b6-3+. The van der Waals surface area contributed by atoms with Gasteiger partial charge in [-0.1, -0.05) is 41.4 Å². The van der Waals surface area contributed by atoms with Crippen LogP contribution >= 0.6 is 23.2 Å². The summed E-state index contributed by atoms with van der Waals surface area (Å²) < 4.78 is 27.8. The first kappa shape index (κ1) is 18.8. The monoisotopic (exact) mass is 440 g/mol. The van der Waals surface area contributed by atoms with Crippen molar-refractivity contribution in [3.05, 3.63) is 81.5 Å². The van der Waals surface area contributed by atoms with Crippen LogP contribution < -0.4 is 0 Å². The maximum absolute atomic E-state index is 14.8. The Morgan fingerprint density at radius 3 is 2.43 bits per heavy atom. The van der Waals surface area contributed by atoms with E-state index >= 15 is 0 Å². The van der Waals surface area contributed by atoms with Crippen molar-refractivity contribution in [1.29, 1.82) is 0 Å². The molecule has 0 aliphatic rings. The lowest BCUT2D eigenvalue weighted by molar-refractivity contribution is 0.627. The molecular formula is C22H12Cl2F2N4. The van der Waals surface area contributed by atoms with Crippen LogP contribution in [-0.2, 0) is 0 Å². The quantitative estimate of drug-likeness (QED) is 0.321. The summed E-state index contributed by atoms with van der Waals surface area (Å²) in [5, 5.41) is 8.57. The molecule has 148 valence electrons. The van der Waals surface area contributed by atoms with Crippen LogP contribution in [0.25, 0.3) is 45.5 Å². The highest BCUT2D eigenvalue weighted by Gasteiger charge is 2.15. The summed E-state index contributed by atoms with van der Waals surface area (Å²) in [5.74, 6) is -0.389. The summed E-state index contributed by atoms with van der Waals surface area (Å²) in [6.45, 7) is 0. The Balaban J connectivity index is 1.59. The molecule has 3 aromatic carbocycles. The van der Waals surface area contributed by atoms with Gasteiger partial charge in [-0.25, -0.2) is 13.8 Å². The second-order valence-electron chi connectivity index (χ2n) is 6.74. The third-order valence-electron chi connectivity index (χ3n) is 4.76. The number of imidazole rings is 1. The molecule has 0 bridgehead atoms. The molecule has 0 saturated heterocycles. The molecule has 0 aliphatic carbocycles. The van der Waals surface area contributed by atoms with Gasteiger partial charge < -0.3 is 4.98 Å². The molecule has 0 fully saturated rings. The van der Waals surface area contributed by atoms with E-state index in [-0.39, 0.29) is 5.82 Å². The highest BCUT2D eigenvalue weighted by molar-refractivity contribution is 6.42. The summed E-state index contributed by atoms with van der Waals surface area (Å²) in [6, 6.07) is 12.4. The number of benzene rings is 3. The molecule has 0 saturated carbocycles. The average molecular weight is 441 g/mol. The lowest BCUT2D eigenvalue weighted by Crippen LogP contribution is -1.87. The van der Waals surface area contributed by atoms with Gasteiger partial charge in [0.05, 0.1) is 37.9 Å². The molecule has 0 unspecified atom stereocenters. The Labute approximate surface area is 179 Å². The van der Waals surface area contributed by atoms with Crippen LogP contribution in [0.5, 0.6) is 0 Å². The zero-order valence-electron chi connectivity index (χ0n) is 15.2. The van der Waals surface area contributed by atoms with Crippen LogP contribution in [0.4, 0.5) is 8.78 Å². The maximum atomic E-state index is 14.8. The first-order valence-electron chi connectivity index (χ1n) is 8.94. The fraction of sp³-hybridized carbons (Fsp3) is 0. The summed E-state index contributed by atoms with van der Waals surface area (Å²) in [5.41, 5.74) is 3.53. The topological polar surface area (TPSA) is 57.4 Å². The maximum Gasteiger partial charge on any atom is 0.141 e. The summed E-state index contributed by atoms with van der Waals surface area (Å²) in [6.07, 6.45) is 3.59. The molecule has 2 heterocycles. The molecule has 0 aliphatic heterocycles. The van der Waals surface area contributed by atoms with Gasteiger partial charge in [0, 0.05) is 11.5 Å². The van der Waals surface area contributed by atoms with Gasteiger partial charge in [-0.2, -0.15) is 5.10 Å². The molecule has 0 atom stereocenters. The van der Waals surface area contributed by atoms with Gasteiger partial charge in [0.25, 0.3) is 0 Å². The molecule has 2 aromatic heterocycles. The van der Waals surface area contributed by atoms with Crippen LogP contribution in [0.1, 0.15) is 11.3 Å². The van der Waals surface area contributed by atoms with Crippen LogP contribution in [0.3, 0.4) is 0 Å². The fourth-order valence-corrected chi connectivity index (χ4v) is 3.57. The molecule has 5 aromatic rings. The van der Waals surface area contributed by atoms with Gasteiger partial charge in [-0.15, -0.1) is 0 Å². The van der Waals surface area contributed by atoms with Gasteiger partial charge >= 0.3 is 0 Å². The molecule has 30 heavy (non-hydrogen) atoms. The van der Waals surface area contributed by atoms with Crippen LogP contribution in [-0.4, -0.2) is 20.2 Å². The number of aromatic amines is 2. The Kier molecular flexibility index (Phi) is 4.53. The number of halogens is 4. The van der Waals surface area contributed by atoms with Crippen LogP contribution in [0.2, 0.25) is 10.0 Å². The minimum absolute atomic E-state index is 0.295. The van der Waals surface area contributed by atoms with Crippen molar-refractivity contribution in [2.24, 2.45) is 0 Å². The van der Waals surface area contributed by atoms with Crippen molar-refractivity contribution >= 4 is 57.3 Å². The van der Waals surface area contributed by atoms with Gasteiger partial charge in [0.15, 0.2) is 0 Å². The van der Waals surface area contributed by atoms with E-state index in [2.05, 4.69) is 20.2 Å². The van der Waals surface area contributed by atoms with Gasteiger partial charge in [0.1, 0.15) is 17.5 Å². The van der Waals surface area contributed by atoms with E-state index < -0.39 is 5.82 Å². The minimum atomic E-state index is -0.448. The summed E-state index contributed by atoms with van der Waals surface area (Å²) in [4.78, 5) is 7.53. The van der Waals surface area contributed by atoms with E-state index in [9.17, 15) is 8.78 Å². The van der Waals surface area contributed by atoms with E-state index in [1.165, 1.54) is 18.2 Å². The molecule has 0 spiro atoms. The molecule has 2 N–H and O–H groups in total. The van der Waals surface area contributed by atoms with E-state index in [0.717, 1.165) is 10.9 Å². The number of H-pyrrole nitrogens is 2. The molecule has 4 nitrogen and oxygen atoms in total. The van der Waals surface area contributed by atoms with Crippen molar-refractivity contribution in [1.82, 2.24) is 20.2 Å². The Morgan fingerprint density at radius 1 is 0.867 bits per heavy atom. The third kappa shape index (κ3) is 3.34. The average Bonchev–Trinajstić information content (AvgIpc) is 3.30. The van der Waals surface area contributed by atoms with E-state index in [1.807, 2.05) is 6.08 Å². The number of hydrogen-bond donors (Lipinski definition) is 2. The number of hydrogen-bond acceptors (Lipinski definition) is 2. The largest absolute Gasteiger partial charge is 0.338 e. The van der Waals surface area contributed by atoms with Gasteiger partial charge in [-0.05, 0) is 42.0 Å². The summed E-state index contributed by atoms with van der Waals surface area (Å²) >= 11 is 12.1. The summed E-state index contributed by atoms with van der Waals surface area (Å²) in [7, 11) is 0. The van der Waals surface area contributed by atoms with Crippen molar-refractivity contribution in [3.8, 4) is 11.4 Å². The Bertz CT molecular complexity index is 1400. The minimum Gasteiger partial charge on any atom is -0.338 e. The van der Waals surface area contributed by atoms with E-state index in [1.54, 1.807) is 36.4 Å². The van der Waals surface area contributed by atoms with E-state index in [0.29, 0.717) is 43.7 Å². The highest BCUT2D eigenvalue weighted by atomic mass is 35.5. The first-order chi connectivity index (χ1) is 14.5. The van der Waals surface area contributed by atoms with Crippen molar-refractivity contribution < 1.29 is 8.78 Å². The predicted octanol–water partition coefficient (Wildman–Crippen LogP) is 6.86. The van der Waals surface area contributed by atoms with Crippen molar-refractivity contribution in [2.45, 2.75) is 0 Å². The second-order valence-corrected chi connectivity index (χ2v) is 7.55. The normalized spacial score (nSPS) is 11.9. The zero-order valence-corrected chi connectivity index (χ0v) is 16.7. The Hall–Kier alpha value is -3.22. The third-order valence-corrected chi connectivity index (χ3v) is 5.48. The van der Waals surface area contributed by atoms with Gasteiger partial charge in [0.2, 0.25) is 0 Å². The molecule has 0 amide bonds. The van der Waals surface area contributed by atoms with Crippen molar-refractivity contribution in [3.63, 3.8) is 0 Å². The fourth-order valence-electron chi connectivity index (χ4n) is 3.25. The lowest BCUT2D eigenvalue weighted by Gasteiger charge is -2.00. The number of nitrogens with zero attached hydrogens (tertiary/aromatic N) is 2. The zero-order chi connectivity index (χ0) is 20.8. The van der Waals surface area contributed by atoms with Gasteiger partial charge in [-0.3, -0.25) is 5.10 Å². The SMILES string of the molecule is Fc1ccc(/C=C/c2n[nH]c3cc(F)c(-c4nc5cc(Cl)c(Cl)cc5[nH]4)cc23)cc1. The first-order valence-corrected chi connectivity index (χ1v) is 9.70. The smallest absolute Gasteiger partial charge is 0.141 e. The number of aromatic nitrogens is 4.